The Labute approximate surface area is 87.3 Å². The van der Waals surface area contributed by atoms with Gasteiger partial charge < -0.3 is 4.74 Å². The van der Waals surface area contributed by atoms with Crippen molar-refractivity contribution in [3.63, 3.8) is 0 Å². The van der Waals surface area contributed by atoms with Crippen molar-refractivity contribution >= 4 is 10.4 Å². The fraction of sp³-hybridized carbons (Fsp3) is 0.143. The van der Waals surface area contributed by atoms with Crippen LogP contribution in [-0.2, 0) is 10.4 Å². The van der Waals surface area contributed by atoms with Crippen LogP contribution in [0.25, 0.3) is 0 Å². The van der Waals surface area contributed by atoms with Gasteiger partial charge in [0.1, 0.15) is 5.75 Å². The Balaban J connectivity index is 0. The molecule has 0 aromatic heterocycles. The minimum absolute atomic E-state index is 0.910. The highest BCUT2D eigenvalue weighted by Gasteiger charge is 1.84. The standard InChI is InChI=1S/C7H8O.N2.H2O4S/c1-8-7-5-3-2-4-6-7;1-2;1-5(2,3)4/h2-6H,1H3;;(H2,1,2,3,4). The molecule has 0 saturated heterocycles. The smallest absolute Gasteiger partial charge is 0.394 e. The first-order valence-corrected chi connectivity index (χ1v) is 4.82. The van der Waals surface area contributed by atoms with Gasteiger partial charge in [0, 0.05) is 10.8 Å². The van der Waals surface area contributed by atoms with Gasteiger partial charge in [-0.3, -0.25) is 9.11 Å². The van der Waals surface area contributed by atoms with E-state index >= 15 is 0 Å². The lowest BCUT2D eigenvalue weighted by Gasteiger charge is -1.93. The molecule has 0 saturated carbocycles. The molecule has 7 nitrogen and oxygen atoms in total. The molecule has 15 heavy (non-hydrogen) atoms. The molecule has 0 bridgehead atoms. The lowest BCUT2D eigenvalue weighted by molar-refractivity contribution is 0.381. The third kappa shape index (κ3) is 18.9. The summed E-state index contributed by atoms with van der Waals surface area (Å²) in [4.78, 5) is 0. The van der Waals surface area contributed by atoms with E-state index in [-0.39, 0.29) is 0 Å². The molecule has 1 rings (SSSR count). The zero-order chi connectivity index (χ0) is 12.3. The third-order valence-corrected chi connectivity index (χ3v) is 0.979. The van der Waals surface area contributed by atoms with Crippen LogP contribution >= 0.6 is 0 Å². The van der Waals surface area contributed by atoms with Gasteiger partial charge in [0.05, 0.1) is 7.11 Å². The van der Waals surface area contributed by atoms with Crippen LogP contribution < -0.4 is 4.74 Å². The summed E-state index contributed by atoms with van der Waals surface area (Å²) in [7, 11) is -3.00. The predicted molar refractivity (Wildman–Crippen MR) is 50.6 cm³/mol. The molecule has 84 valence electrons. The number of para-hydroxylation sites is 1. The molecule has 8 heteroatoms. The maximum atomic E-state index is 8.74. The molecule has 0 spiro atoms. The third-order valence-electron chi connectivity index (χ3n) is 0.979. The van der Waals surface area contributed by atoms with Gasteiger partial charge in [-0.1, -0.05) is 18.2 Å². The van der Waals surface area contributed by atoms with Gasteiger partial charge >= 0.3 is 10.4 Å². The number of methoxy groups -OCH3 is 1. The lowest BCUT2D eigenvalue weighted by atomic mass is 10.3. The SMILES string of the molecule is COc1ccccc1.N#N.O=S(=O)(O)O. The Bertz CT molecular complexity index is 353. The van der Waals surface area contributed by atoms with Crippen LogP contribution in [0.1, 0.15) is 0 Å². The summed E-state index contributed by atoms with van der Waals surface area (Å²) in [5.41, 5.74) is 0. The molecule has 0 radical (unpaired) electrons. The highest BCUT2D eigenvalue weighted by molar-refractivity contribution is 7.79. The molecule has 0 aliphatic carbocycles. The average Bonchev–Trinajstić information content (AvgIpc) is 2.20. The largest absolute Gasteiger partial charge is 0.497 e. The molecule has 0 unspecified atom stereocenters. The van der Waals surface area contributed by atoms with Crippen LogP contribution in [0.5, 0.6) is 5.75 Å². The van der Waals surface area contributed by atoms with Crippen molar-refractivity contribution in [3.8, 4) is 5.75 Å². The van der Waals surface area contributed by atoms with E-state index in [1.54, 1.807) is 7.11 Å². The fourth-order valence-corrected chi connectivity index (χ4v) is 0.557. The first kappa shape index (κ1) is 15.8. The summed E-state index contributed by atoms with van der Waals surface area (Å²) in [5.74, 6) is 0.910. The molecule has 0 amide bonds. The van der Waals surface area contributed by atoms with E-state index in [9.17, 15) is 0 Å². The Morgan fingerprint density at radius 1 is 1.13 bits per heavy atom. The van der Waals surface area contributed by atoms with Crippen molar-refractivity contribution in [2.24, 2.45) is 0 Å². The van der Waals surface area contributed by atoms with Crippen LogP contribution in [0.2, 0.25) is 0 Å². The first-order valence-electron chi connectivity index (χ1n) is 3.42. The number of ether oxygens (including phenoxy) is 1. The van der Waals surface area contributed by atoms with Gasteiger partial charge in [-0.2, -0.15) is 8.42 Å². The van der Waals surface area contributed by atoms with E-state index in [0.717, 1.165) is 5.75 Å². The molecule has 0 fully saturated rings. The van der Waals surface area contributed by atoms with Crippen molar-refractivity contribution < 1.29 is 22.3 Å². The zero-order valence-corrected chi connectivity index (χ0v) is 8.63. The second kappa shape index (κ2) is 8.89. The van der Waals surface area contributed by atoms with Gasteiger partial charge in [0.2, 0.25) is 0 Å². The fourth-order valence-electron chi connectivity index (χ4n) is 0.557. The summed E-state index contributed by atoms with van der Waals surface area (Å²) in [6.07, 6.45) is 0. The van der Waals surface area contributed by atoms with Gasteiger partial charge in [-0.25, -0.2) is 0 Å². The Kier molecular flexibility index (Phi) is 9.34. The molecule has 0 atom stereocenters. The van der Waals surface area contributed by atoms with E-state index in [1.165, 1.54) is 0 Å². The van der Waals surface area contributed by atoms with Crippen molar-refractivity contribution in [1.82, 2.24) is 0 Å². The maximum Gasteiger partial charge on any atom is 0.394 e. The van der Waals surface area contributed by atoms with Crippen LogP contribution in [0.3, 0.4) is 0 Å². The molecule has 0 heterocycles. The Hall–Kier alpha value is -1.69. The number of hydrogen-bond acceptors (Lipinski definition) is 5. The monoisotopic (exact) mass is 234 g/mol. The number of hydrogen-bond donors (Lipinski definition) is 2. The maximum absolute atomic E-state index is 8.74. The molecule has 0 aliphatic heterocycles. The predicted octanol–water partition coefficient (Wildman–Crippen LogP) is 1.07. The summed E-state index contributed by atoms with van der Waals surface area (Å²) in [6.45, 7) is 0. The number of nitrogens with zero attached hydrogens (tertiary/aromatic N) is 2. The normalized spacial score (nSPS) is 8.60. The first-order chi connectivity index (χ1) is 6.93. The average molecular weight is 234 g/mol. The van der Waals surface area contributed by atoms with Gasteiger partial charge in [0.15, 0.2) is 0 Å². The molecule has 1 aromatic rings. The van der Waals surface area contributed by atoms with E-state index in [2.05, 4.69) is 0 Å². The van der Waals surface area contributed by atoms with Crippen molar-refractivity contribution in [1.29, 1.82) is 10.8 Å². The van der Waals surface area contributed by atoms with E-state index < -0.39 is 10.4 Å². The minimum Gasteiger partial charge on any atom is -0.497 e. The minimum atomic E-state index is -4.67. The molecular formula is C7H10N2O5S. The molecule has 1 aromatic carbocycles. The number of rotatable bonds is 1. The van der Waals surface area contributed by atoms with Gasteiger partial charge in [-0.15, -0.1) is 0 Å². The van der Waals surface area contributed by atoms with Crippen LogP contribution in [-0.4, -0.2) is 24.6 Å². The summed E-state index contributed by atoms with van der Waals surface area (Å²) < 4.78 is 36.5. The molecule has 0 aliphatic rings. The highest BCUT2D eigenvalue weighted by atomic mass is 32.3. The number of benzene rings is 1. The van der Waals surface area contributed by atoms with Crippen molar-refractivity contribution in [2.45, 2.75) is 0 Å². The molecule has 2 N–H and O–H groups in total. The van der Waals surface area contributed by atoms with Crippen LogP contribution in [0, 0.1) is 10.8 Å². The second-order valence-corrected chi connectivity index (χ2v) is 2.86. The topological polar surface area (TPSA) is 131 Å². The van der Waals surface area contributed by atoms with Crippen LogP contribution in [0.4, 0.5) is 0 Å². The quantitative estimate of drug-likeness (QED) is 0.548. The van der Waals surface area contributed by atoms with Crippen LogP contribution in [0.15, 0.2) is 30.3 Å². The summed E-state index contributed by atoms with van der Waals surface area (Å²) in [6, 6.07) is 9.68. The summed E-state index contributed by atoms with van der Waals surface area (Å²) in [5, 5.41) is 12.0. The van der Waals surface area contributed by atoms with E-state index in [4.69, 9.17) is 33.0 Å². The highest BCUT2D eigenvalue weighted by Crippen LogP contribution is 2.05. The van der Waals surface area contributed by atoms with E-state index in [0.29, 0.717) is 0 Å². The van der Waals surface area contributed by atoms with Crippen molar-refractivity contribution in [2.75, 3.05) is 7.11 Å². The van der Waals surface area contributed by atoms with Crippen molar-refractivity contribution in [3.05, 3.63) is 30.3 Å². The molecular weight excluding hydrogens is 224 g/mol. The van der Waals surface area contributed by atoms with Gasteiger partial charge in [-0.05, 0) is 12.1 Å². The lowest BCUT2D eigenvalue weighted by Crippen LogP contribution is -1.89. The van der Waals surface area contributed by atoms with E-state index in [1.807, 2.05) is 30.3 Å². The second-order valence-electron chi connectivity index (χ2n) is 1.97. The summed E-state index contributed by atoms with van der Waals surface area (Å²) >= 11 is 0. The zero-order valence-electron chi connectivity index (χ0n) is 7.81. The van der Waals surface area contributed by atoms with Gasteiger partial charge in [0.25, 0.3) is 0 Å². The Morgan fingerprint density at radius 2 is 1.47 bits per heavy atom. The Morgan fingerprint density at radius 3 is 1.67 bits per heavy atom.